The van der Waals surface area contributed by atoms with Crippen molar-refractivity contribution < 1.29 is 68.4 Å². The second-order valence-electron chi connectivity index (χ2n) is 0.429. The van der Waals surface area contributed by atoms with Gasteiger partial charge in [-0.15, -0.1) is 0 Å². The molecule has 0 radical (unpaired) electrons. The van der Waals surface area contributed by atoms with E-state index in [0.29, 0.717) is 0 Å². The molecule has 0 heterocycles. The molecule has 7 heteroatoms. The summed E-state index contributed by atoms with van der Waals surface area (Å²) in [6.45, 7) is 0. The molecule has 0 aromatic heterocycles. The van der Waals surface area contributed by atoms with Crippen LogP contribution in [0.25, 0.3) is 0 Å². The van der Waals surface area contributed by atoms with Crippen LogP contribution in [0.3, 0.4) is 0 Å². The molecule has 0 aromatic carbocycles. The fourth-order valence-corrected chi connectivity index (χ4v) is 0. The fraction of sp³-hybridized carbons (Fsp3) is 0. The second kappa shape index (κ2) is 9.05. The third-order valence-corrected chi connectivity index (χ3v) is 0. The van der Waals surface area contributed by atoms with Crippen molar-refractivity contribution in [3.8, 4) is 0 Å². The van der Waals surface area contributed by atoms with Crippen molar-refractivity contribution in [2.75, 3.05) is 0 Å². The van der Waals surface area contributed by atoms with Gasteiger partial charge in [0.25, 0.3) is 0 Å². The Hall–Kier alpha value is 4.96. The van der Waals surface area contributed by atoms with Crippen molar-refractivity contribution in [2.45, 2.75) is 0 Å². The predicted octanol–water partition coefficient (Wildman–Crippen LogP) is -2.99. The summed E-state index contributed by atoms with van der Waals surface area (Å²) in [5.41, 5.74) is 0. The maximum absolute atomic E-state index is 3.35. The van der Waals surface area contributed by atoms with Crippen LogP contribution in [0, 0.1) is 0 Å². The summed E-state index contributed by atoms with van der Waals surface area (Å²) in [4.78, 5) is 0. The van der Waals surface area contributed by atoms with Crippen LogP contribution in [-0.2, 0) is 0 Å². The molecule has 0 unspecified atom stereocenters. The van der Waals surface area contributed by atoms with Crippen molar-refractivity contribution >= 4 is 59.5 Å². The molecule has 0 aliphatic heterocycles. The van der Waals surface area contributed by atoms with Crippen LogP contribution in [0.2, 0.25) is 0 Å². The molecule has 0 rings (SSSR count). The number of halogens is 5. The number of hydrogen-bond donors (Lipinski definition) is 0. The summed E-state index contributed by atoms with van der Waals surface area (Å²) in [7, 11) is 0. The quantitative estimate of drug-likeness (QED) is 0.247. The predicted molar refractivity (Wildman–Crippen MR) is 41.5 cm³/mol. The summed E-state index contributed by atoms with van der Waals surface area (Å²) in [6.07, 6.45) is 0. The van der Waals surface area contributed by atoms with Crippen molar-refractivity contribution in [1.82, 2.24) is 0 Å². The summed E-state index contributed by atoms with van der Waals surface area (Å²) >= 11 is 11.4. The van der Waals surface area contributed by atoms with Gasteiger partial charge in [0, 0.05) is 0 Å². The molecule has 0 bridgehead atoms. The average molecular weight is 646 g/mol. The van der Waals surface area contributed by atoms with Gasteiger partial charge >= 0.3 is 111 Å². The van der Waals surface area contributed by atoms with Gasteiger partial charge in [0.05, 0.1) is 0 Å². The zero-order valence-corrected chi connectivity index (χ0v) is 18.3. The molecule has 0 spiro atoms. The van der Waals surface area contributed by atoms with E-state index in [1.165, 1.54) is 0 Å². The van der Waals surface area contributed by atoms with Gasteiger partial charge in [0.1, 0.15) is 0 Å². The standard InChI is InChI=1S/5BrH.K.Pb/h5*1H;;/q;;;;;+1;+4/p-5. The molecule has 0 atom stereocenters. The van der Waals surface area contributed by atoms with E-state index < -0.39 is 11.5 Å². The van der Waals surface area contributed by atoms with E-state index in [4.69, 9.17) is 0 Å². The molecular formula is Br5KPb. The van der Waals surface area contributed by atoms with Crippen LogP contribution >= 0.6 is 47.9 Å². The first-order chi connectivity index (χ1) is 2.00. The Morgan fingerprint density at radius 3 is 0.857 bits per heavy atom. The zero-order valence-electron chi connectivity index (χ0n) is 3.39. The van der Waals surface area contributed by atoms with Crippen molar-refractivity contribution in [3.05, 3.63) is 0 Å². The molecule has 0 N–H and O–H groups in total. The van der Waals surface area contributed by atoms with Crippen molar-refractivity contribution in [2.24, 2.45) is 0 Å². The molecule has 7 heavy (non-hydrogen) atoms. The summed E-state index contributed by atoms with van der Waals surface area (Å²) in [5.74, 6) is 0. The zero-order chi connectivity index (χ0) is 4.50. The minimum absolute atomic E-state index is 0. The van der Waals surface area contributed by atoms with E-state index in [-0.39, 0.29) is 68.4 Å². The van der Waals surface area contributed by atoms with Gasteiger partial charge in [-0.2, -0.15) is 0 Å². The molecule has 0 aromatic rings. The molecular weight excluding hydrogens is 646 g/mol. The molecule has 40 valence electrons. The van der Waals surface area contributed by atoms with Crippen LogP contribution < -0.4 is 68.4 Å². The Morgan fingerprint density at radius 1 is 0.857 bits per heavy atom. The van der Waals surface area contributed by atoms with Crippen LogP contribution in [0.4, 0.5) is 0 Å². The van der Waals surface area contributed by atoms with E-state index in [1.54, 1.807) is 0 Å². The Bertz CT molecular complexity index is 23.6. The maximum atomic E-state index is 3.35. The molecule has 0 saturated heterocycles. The number of hydrogen-bond acceptors (Lipinski definition) is 0. The van der Waals surface area contributed by atoms with Gasteiger partial charge in [-0.05, 0) is 0 Å². The van der Waals surface area contributed by atoms with Crippen LogP contribution in [-0.4, -0.2) is 11.5 Å². The first-order valence-electron chi connectivity index (χ1n) is 0.756. The third-order valence-electron chi connectivity index (χ3n) is 0. The van der Waals surface area contributed by atoms with Crippen LogP contribution in [0.5, 0.6) is 0 Å². The monoisotopic (exact) mass is 642 g/mol. The fourth-order valence-electron chi connectivity index (χ4n) is 0. The Morgan fingerprint density at radius 2 is 0.857 bits per heavy atom. The van der Waals surface area contributed by atoms with Gasteiger partial charge < -0.3 is 17.0 Å². The van der Waals surface area contributed by atoms with E-state index in [9.17, 15) is 0 Å². The summed E-state index contributed by atoms with van der Waals surface area (Å²) < 4.78 is 0. The molecule has 0 fully saturated rings. The van der Waals surface area contributed by atoms with Crippen LogP contribution in [0.15, 0.2) is 0 Å². The van der Waals surface area contributed by atoms with Gasteiger partial charge in [-0.25, -0.2) is 0 Å². The maximum Gasteiger partial charge on any atom is 1.00 e. The van der Waals surface area contributed by atoms with E-state index >= 15 is 0 Å². The van der Waals surface area contributed by atoms with E-state index in [0.717, 1.165) is 0 Å². The second-order valence-corrected chi connectivity index (χ2v) is 102. The van der Waals surface area contributed by atoms with Crippen molar-refractivity contribution in [1.29, 1.82) is 0 Å². The topological polar surface area (TPSA) is 0 Å². The molecule has 0 nitrogen and oxygen atoms in total. The van der Waals surface area contributed by atoms with Gasteiger partial charge in [-0.3, -0.25) is 0 Å². The smallest absolute Gasteiger partial charge is 1.00 e. The van der Waals surface area contributed by atoms with Crippen molar-refractivity contribution in [3.63, 3.8) is 0 Å². The third kappa shape index (κ3) is 35.8. The van der Waals surface area contributed by atoms with Gasteiger partial charge in [0.2, 0.25) is 0 Å². The SMILES string of the molecule is [Br-].[Br][Pb]([Br])([Br])[Br].[K+]. The molecule has 0 saturated carbocycles. The number of rotatable bonds is 0. The average Bonchev–Trinajstić information content (AvgIpc) is 0.722. The Labute approximate surface area is 123 Å². The Kier molecular flexibility index (Phi) is 23.1. The minimum Gasteiger partial charge on any atom is 1.00 e. The van der Waals surface area contributed by atoms with E-state index in [2.05, 4.69) is 47.9 Å². The normalized spacial score (nSPS) is 8.57. The van der Waals surface area contributed by atoms with Crippen LogP contribution in [0.1, 0.15) is 0 Å². The first kappa shape index (κ1) is 17.9. The molecule has 0 amide bonds. The summed E-state index contributed by atoms with van der Waals surface area (Å²) in [6, 6.07) is 0. The first-order valence-corrected chi connectivity index (χ1v) is 34.5. The summed E-state index contributed by atoms with van der Waals surface area (Å²) in [5, 5.41) is 0. The largest absolute Gasteiger partial charge is 1.00 e. The Balaban J connectivity index is -0.0000000800. The minimum atomic E-state index is -2.03. The molecule has 0 aliphatic rings. The van der Waals surface area contributed by atoms with Gasteiger partial charge in [-0.1, -0.05) is 0 Å². The van der Waals surface area contributed by atoms with Gasteiger partial charge in [0.15, 0.2) is 0 Å². The molecule has 0 aliphatic carbocycles. The van der Waals surface area contributed by atoms with E-state index in [1.807, 2.05) is 0 Å².